The van der Waals surface area contributed by atoms with Gasteiger partial charge in [-0.3, -0.25) is 9.10 Å². The molecule has 4 rings (SSSR count). The molecule has 0 spiro atoms. The number of fused-ring (bicyclic) bond motifs is 1. The minimum atomic E-state index is -3.67. The molecule has 34 heavy (non-hydrogen) atoms. The van der Waals surface area contributed by atoms with Gasteiger partial charge in [0.05, 0.1) is 31.9 Å². The molecule has 178 valence electrons. The van der Waals surface area contributed by atoms with Crippen molar-refractivity contribution in [1.82, 2.24) is 0 Å². The molecule has 0 saturated heterocycles. The third-order valence-corrected chi connectivity index (χ3v) is 7.50. The first-order chi connectivity index (χ1) is 16.4. The van der Waals surface area contributed by atoms with Gasteiger partial charge in [-0.2, -0.15) is 0 Å². The van der Waals surface area contributed by atoms with Crippen LogP contribution >= 0.6 is 0 Å². The first-order valence-corrected chi connectivity index (χ1v) is 12.1. The lowest BCUT2D eigenvalue weighted by atomic mass is 10.0. The van der Waals surface area contributed by atoms with Crippen molar-refractivity contribution in [2.45, 2.75) is 17.7 Å². The molecule has 0 radical (unpaired) electrons. The lowest BCUT2D eigenvalue weighted by Crippen LogP contribution is -2.35. The first-order valence-electron chi connectivity index (χ1n) is 10.7. The van der Waals surface area contributed by atoms with Crippen molar-refractivity contribution in [3.05, 3.63) is 71.8 Å². The number of rotatable bonds is 7. The summed E-state index contributed by atoms with van der Waals surface area (Å²) in [5.74, 6) is 0.789. The Balaban J connectivity index is 1.61. The molecule has 1 aliphatic rings. The number of amides is 1. The first kappa shape index (κ1) is 23.4. The average Bonchev–Trinajstić information content (AvgIpc) is 2.87. The van der Waals surface area contributed by atoms with E-state index in [1.54, 1.807) is 54.6 Å². The third kappa shape index (κ3) is 4.38. The van der Waals surface area contributed by atoms with E-state index < -0.39 is 10.0 Å². The number of carbonyl (C=O) groups excluding carboxylic acids is 1. The van der Waals surface area contributed by atoms with Gasteiger partial charge in [-0.15, -0.1) is 0 Å². The number of ether oxygens (including phenoxy) is 3. The van der Waals surface area contributed by atoms with E-state index in [1.807, 2.05) is 6.07 Å². The Labute approximate surface area is 199 Å². The van der Waals surface area contributed by atoms with Gasteiger partial charge in [-0.1, -0.05) is 18.2 Å². The molecule has 0 saturated carbocycles. The Kier molecular flexibility index (Phi) is 6.65. The number of methoxy groups -OCH3 is 3. The number of carbonyl (C=O) groups is 1. The molecule has 0 aromatic heterocycles. The van der Waals surface area contributed by atoms with Crippen molar-refractivity contribution in [3.8, 4) is 17.2 Å². The van der Waals surface area contributed by atoms with Crippen LogP contribution in [0.15, 0.2) is 65.6 Å². The highest BCUT2D eigenvalue weighted by atomic mass is 32.2. The summed E-state index contributed by atoms with van der Waals surface area (Å²) >= 11 is 0. The van der Waals surface area contributed by atoms with E-state index in [-0.39, 0.29) is 10.8 Å². The molecular formula is C25H26N2O6S. The zero-order chi connectivity index (χ0) is 24.3. The number of anilines is 2. The van der Waals surface area contributed by atoms with Crippen LogP contribution in [-0.4, -0.2) is 42.2 Å². The molecule has 0 fully saturated rings. The van der Waals surface area contributed by atoms with Gasteiger partial charge in [0.25, 0.3) is 15.9 Å². The molecule has 3 aromatic carbocycles. The van der Waals surface area contributed by atoms with E-state index >= 15 is 0 Å². The summed E-state index contributed by atoms with van der Waals surface area (Å²) in [5.41, 5.74) is 2.38. The minimum absolute atomic E-state index is 0.252. The molecule has 9 heteroatoms. The van der Waals surface area contributed by atoms with Crippen LogP contribution in [0.3, 0.4) is 0 Å². The molecule has 0 aliphatic carbocycles. The highest BCUT2D eigenvalue weighted by Gasteiger charge is 2.29. The number of hydrogen-bond acceptors (Lipinski definition) is 6. The van der Waals surface area contributed by atoms with Crippen LogP contribution in [0, 0.1) is 0 Å². The maximum atomic E-state index is 13.2. The predicted molar refractivity (Wildman–Crippen MR) is 130 cm³/mol. The summed E-state index contributed by atoms with van der Waals surface area (Å²) in [5, 5.41) is 2.87. The van der Waals surface area contributed by atoms with Gasteiger partial charge in [-0.05, 0) is 60.9 Å². The molecule has 1 heterocycles. The van der Waals surface area contributed by atoms with Crippen LogP contribution in [0.1, 0.15) is 22.3 Å². The molecule has 1 N–H and O–H groups in total. The van der Waals surface area contributed by atoms with Crippen molar-refractivity contribution in [2.75, 3.05) is 37.5 Å². The van der Waals surface area contributed by atoms with Crippen LogP contribution in [0.5, 0.6) is 17.2 Å². The van der Waals surface area contributed by atoms with Crippen LogP contribution in [0.25, 0.3) is 0 Å². The van der Waals surface area contributed by atoms with E-state index in [2.05, 4.69) is 5.32 Å². The lowest BCUT2D eigenvalue weighted by Gasteiger charge is -2.31. The number of benzene rings is 3. The second kappa shape index (κ2) is 9.64. The van der Waals surface area contributed by atoms with Crippen molar-refractivity contribution < 1.29 is 27.4 Å². The van der Waals surface area contributed by atoms with Gasteiger partial charge in [0.15, 0.2) is 11.5 Å². The minimum Gasteiger partial charge on any atom is -0.493 e. The molecule has 1 amide bonds. The number of nitrogens with one attached hydrogen (secondary N) is 1. The highest BCUT2D eigenvalue weighted by molar-refractivity contribution is 7.92. The standard InChI is InChI=1S/C25H26N2O6S/c1-31-22-15-18(16-23(32-2)24(22)33-3)25(28)26-19-11-12-21-17(14-19)8-7-13-27(21)34(29,30)20-9-5-4-6-10-20/h4-6,9-12,14-16H,7-8,13H2,1-3H3,(H,26,28). The third-order valence-electron chi connectivity index (χ3n) is 5.67. The van der Waals surface area contributed by atoms with Crippen LogP contribution in [-0.2, 0) is 16.4 Å². The van der Waals surface area contributed by atoms with Crippen molar-refractivity contribution in [1.29, 1.82) is 0 Å². The van der Waals surface area contributed by atoms with E-state index in [4.69, 9.17) is 14.2 Å². The van der Waals surface area contributed by atoms with Crippen LogP contribution < -0.4 is 23.8 Å². The fourth-order valence-electron chi connectivity index (χ4n) is 4.03. The van der Waals surface area contributed by atoms with Crippen LogP contribution in [0.4, 0.5) is 11.4 Å². The molecule has 0 unspecified atom stereocenters. The Hall–Kier alpha value is -3.72. The summed E-state index contributed by atoms with van der Waals surface area (Å²) in [7, 11) is 0.792. The average molecular weight is 483 g/mol. The van der Waals surface area contributed by atoms with Gasteiger partial charge in [0.1, 0.15) is 0 Å². The van der Waals surface area contributed by atoms with Crippen molar-refractivity contribution in [3.63, 3.8) is 0 Å². The van der Waals surface area contributed by atoms with Gasteiger partial charge < -0.3 is 19.5 Å². The second-order valence-electron chi connectivity index (χ2n) is 7.71. The van der Waals surface area contributed by atoms with E-state index in [1.165, 1.54) is 25.6 Å². The number of nitrogens with zero attached hydrogens (tertiary/aromatic N) is 1. The molecule has 3 aromatic rings. The summed E-state index contributed by atoms with van der Waals surface area (Å²) in [6, 6.07) is 16.8. The monoisotopic (exact) mass is 482 g/mol. The molecular weight excluding hydrogens is 456 g/mol. The Morgan fingerprint density at radius 3 is 2.21 bits per heavy atom. The smallest absolute Gasteiger partial charge is 0.264 e. The summed E-state index contributed by atoms with van der Waals surface area (Å²) in [4.78, 5) is 13.2. The van der Waals surface area contributed by atoms with E-state index in [0.29, 0.717) is 53.6 Å². The fraction of sp³-hybridized carbons (Fsp3) is 0.240. The zero-order valence-electron chi connectivity index (χ0n) is 19.2. The van der Waals surface area contributed by atoms with Crippen molar-refractivity contribution in [2.24, 2.45) is 0 Å². The summed E-state index contributed by atoms with van der Waals surface area (Å²) in [6.07, 6.45) is 1.40. The maximum absolute atomic E-state index is 13.2. The van der Waals surface area contributed by atoms with E-state index in [0.717, 1.165) is 5.56 Å². The quantitative estimate of drug-likeness (QED) is 0.545. The molecule has 0 atom stereocenters. The Morgan fingerprint density at radius 1 is 0.912 bits per heavy atom. The number of aryl methyl sites for hydroxylation is 1. The highest BCUT2D eigenvalue weighted by Crippen LogP contribution is 2.39. The zero-order valence-corrected chi connectivity index (χ0v) is 20.0. The van der Waals surface area contributed by atoms with Gasteiger partial charge in [0, 0.05) is 17.8 Å². The molecule has 1 aliphatic heterocycles. The van der Waals surface area contributed by atoms with E-state index in [9.17, 15) is 13.2 Å². The van der Waals surface area contributed by atoms with Gasteiger partial charge >= 0.3 is 0 Å². The second-order valence-corrected chi connectivity index (χ2v) is 9.57. The molecule has 0 bridgehead atoms. The normalized spacial score (nSPS) is 13.1. The number of hydrogen-bond donors (Lipinski definition) is 1. The maximum Gasteiger partial charge on any atom is 0.264 e. The van der Waals surface area contributed by atoms with Crippen LogP contribution in [0.2, 0.25) is 0 Å². The van der Waals surface area contributed by atoms with Gasteiger partial charge in [0.2, 0.25) is 5.75 Å². The Morgan fingerprint density at radius 2 is 1.59 bits per heavy atom. The Bertz CT molecular complexity index is 1280. The fourth-order valence-corrected chi connectivity index (χ4v) is 5.59. The molecule has 8 nitrogen and oxygen atoms in total. The van der Waals surface area contributed by atoms with Crippen molar-refractivity contribution >= 4 is 27.3 Å². The lowest BCUT2D eigenvalue weighted by molar-refractivity contribution is 0.102. The number of sulfonamides is 1. The predicted octanol–water partition coefficient (Wildman–Crippen LogP) is 4.11. The summed E-state index contributed by atoms with van der Waals surface area (Å²) < 4.78 is 43.8. The van der Waals surface area contributed by atoms with Gasteiger partial charge in [-0.25, -0.2) is 8.42 Å². The largest absolute Gasteiger partial charge is 0.493 e. The topological polar surface area (TPSA) is 94.2 Å². The summed E-state index contributed by atoms with van der Waals surface area (Å²) in [6.45, 7) is 0.404. The SMILES string of the molecule is COc1cc(C(=O)Nc2ccc3c(c2)CCCN3S(=O)(=O)c2ccccc2)cc(OC)c1OC.